The molecule has 1 saturated heterocycles. The first-order valence-electron chi connectivity index (χ1n) is 9.13. The lowest BCUT2D eigenvalue weighted by Gasteiger charge is -2.34. The smallest absolute Gasteiger partial charge is 0.409 e. The summed E-state index contributed by atoms with van der Waals surface area (Å²) < 4.78 is 18.0. The average molecular weight is 373 g/mol. The zero-order valence-electron chi connectivity index (χ0n) is 15.4. The Morgan fingerprint density at radius 3 is 2.63 bits per heavy atom. The van der Waals surface area contributed by atoms with Crippen molar-refractivity contribution in [3.05, 3.63) is 47.9 Å². The summed E-state index contributed by atoms with van der Waals surface area (Å²) in [6, 6.07) is 8.34. The zero-order valence-corrected chi connectivity index (χ0v) is 15.4. The number of amides is 1. The number of halogens is 1. The van der Waals surface area contributed by atoms with E-state index in [0.717, 1.165) is 17.8 Å². The molecule has 0 spiro atoms. The van der Waals surface area contributed by atoms with Crippen molar-refractivity contribution in [2.24, 2.45) is 0 Å². The predicted molar refractivity (Wildman–Crippen MR) is 101 cm³/mol. The number of anilines is 2. The molecule has 27 heavy (non-hydrogen) atoms. The van der Waals surface area contributed by atoms with Gasteiger partial charge in [-0.2, -0.15) is 4.98 Å². The molecule has 1 aliphatic heterocycles. The first-order valence-corrected chi connectivity index (χ1v) is 9.13. The molecule has 1 fully saturated rings. The Bertz CT molecular complexity index is 748. The Morgan fingerprint density at radius 1 is 1.19 bits per heavy atom. The lowest BCUT2D eigenvalue weighted by Crippen LogP contribution is -2.49. The fourth-order valence-electron chi connectivity index (χ4n) is 2.91. The van der Waals surface area contributed by atoms with E-state index in [0.29, 0.717) is 45.3 Å². The van der Waals surface area contributed by atoms with E-state index < -0.39 is 0 Å². The maximum atomic E-state index is 12.9. The Morgan fingerprint density at radius 2 is 1.93 bits per heavy atom. The van der Waals surface area contributed by atoms with Gasteiger partial charge < -0.3 is 19.9 Å². The summed E-state index contributed by atoms with van der Waals surface area (Å²) in [6.45, 7) is 5.46. The summed E-state index contributed by atoms with van der Waals surface area (Å²) in [5.74, 6) is 1.16. The number of hydrogen-bond acceptors (Lipinski definition) is 6. The number of hydrogen-bond donors (Lipinski definition) is 1. The minimum absolute atomic E-state index is 0.231. The molecule has 0 unspecified atom stereocenters. The highest BCUT2D eigenvalue weighted by molar-refractivity contribution is 5.68. The molecule has 0 bridgehead atoms. The monoisotopic (exact) mass is 373 g/mol. The first-order chi connectivity index (χ1) is 13.2. The van der Waals surface area contributed by atoms with E-state index in [1.165, 1.54) is 12.1 Å². The van der Waals surface area contributed by atoms with Crippen LogP contribution in [0, 0.1) is 5.82 Å². The van der Waals surface area contributed by atoms with Gasteiger partial charge in [-0.15, -0.1) is 0 Å². The van der Waals surface area contributed by atoms with Gasteiger partial charge in [0, 0.05) is 38.9 Å². The zero-order chi connectivity index (χ0) is 19.1. The number of carbonyl (C=O) groups is 1. The second-order valence-corrected chi connectivity index (χ2v) is 6.21. The quantitative estimate of drug-likeness (QED) is 0.839. The Kier molecular flexibility index (Phi) is 6.40. The number of aromatic nitrogens is 2. The van der Waals surface area contributed by atoms with Crippen LogP contribution in [0.1, 0.15) is 12.5 Å². The molecule has 0 atom stereocenters. The summed E-state index contributed by atoms with van der Waals surface area (Å²) in [6.07, 6.45) is 2.22. The Labute approximate surface area is 158 Å². The molecule has 8 heteroatoms. The SMILES string of the molecule is CCOC(=O)N1CCN(c2ccnc(NCCc3ccc(F)cc3)n2)CC1. The van der Waals surface area contributed by atoms with Crippen molar-refractivity contribution in [2.45, 2.75) is 13.3 Å². The number of rotatable bonds is 6. The second kappa shape index (κ2) is 9.16. The lowest BCUT2D eigenvalue weighted by atomic mass is 10.1. The van der Waals surface area contributed by atoms with E-state index in [9.17, 15) is 9.18 Å². The van der Waals surface area contributed by atoms with Gasteiger partial charge in [0.1, 0.15) is 11.6 Å². The molecule has 0 saturated carbocycles. The van der Waals surface area contributed by atoms with Gasteiger partial charge in [0.05, 0.1) is 6.61 Å². The van der Waals surface area contributed by atoms with Crippen molar-refractivity contribution in [3.63, 3.8) is 0 Å². The molecule has 3 rings (SSSR count). The van der Waals surface area contributed by atoms with Crippen LogP contribution in [0.15, 0.2) is 36.5 Å². The van der Waals surface area contributed by atoms with Crippen LogP contribution in [0.5, 0.6) is 0 Å². The second-order valence-electron chi connectivity index (χ2n) is 6.21. The van der Waals surface area contributed by atoms with Gasteiger partial charge in [0.25, 0.3) is 0 Å². The van der Waals surface area contributed by atoms with Crippen molar-refractivity contribution < 1.29 is 13.9 Å². The van der Waals surface area contributed by atoms with Crippen LogP contribution in [0.4, 0.5) is 21.0 Å². The Balaban J connectivity index is 1.50. The van der Waals surface area contributed by atoms with E-state index in [2.05, 4.69) is 20.2 Å². The van der Waals surface area contributed by atoms with Gasteiger partial charge in [0.15, 0.2) is 0 Å². The third kappa shape index (κ3) is 5.29. The molecule has 7 nitrogen and oxygen atoms in total. The van der Waals surface area contributed by atoms with Gasteiger partial charge in [-0.25, -0.2) is 14.2 Å². The van der Waals surface area contributed by atoms with Crippen LogP contribution in [-0.2, 0) is 11.2 Å². The number of piperazine rings is 1. The fraction of sp³-hybridized carbons (Fsp3) is 0.421. The van der Waals surface area contributed by atoms with Crippen LogP contribution < -0.4 is 10.2 Å². The number of benzene rings is 1. The molecule has 1 N–H and O–H groups in total. The maximum absolute atomic E-state index is 12.9. The van der Waals surface area contributed by atoms with Crippen molar-refractivity contribution in [1.29, 1.82) is 0 Å². The van der Waals surface area contributed by atoms with Gasteiger partial charge in [-0.1, -0.05) is 12.1 Å². The summed E-state index contributed by atoms with van der Waals surface area (Å²) >= 11 is 0. The van der Waals surface area contributed by atoms with Crippen molar-refractivity contribution in [1.82, 2.24) is 14.9 Å². The van der Waals surface area contributed by atoms with Gasteiger partial charge >= 0.3 is 6.09 Å². The first kappa shape index (κ1) is 18.9. The summed E-state index contributed by atoms with van der Waals surface area (Å²) in [7, 11) is 0. The third-order valence-electron chi connectivity index (χ3n) is 4.38. The van der Waals surface area contributed by atoms with Crippen molar-refractivity contribution >= 4 is 17.9 Å². The minimum atomic E-state index is -0.261. The summed E-state index contributed by atoms with van der Waals surface area (Å²) in [5, 5.41) is 3.20. The molecular weight excluding hydrogens is 349 g/mol. The highest BCUT2D eigenvalue weighted by Crippen LogP contribution is 2.15. The van der Waals surface area contributed by atoms with E-state index in [1.54, 1.807) is 30.2 Å². The molecule has 2 aromatic rings. The molecule has 1 aromatic heterocycles. The average Bonchev–Trinajstić information content (AvgIpc) is 2.70. The fourth-order valence-corrected chi connectivity index (χ4v) is 2.91. The lowest BCUT2D eigenvalue weighted by molar-refractivity contribution is 0.105. The standard InChI is InChI=1S/C19H24FN5O2/c1-2-27-19(26)25-13-11-24(12-14-25)17-8-10-22-18(23-17)21-9-7-15-3-5-16(20)6-4-15/h3-6,8,10H,2,7,9,11-14H2,1H3,(H,21,22,23). The summed E-state index contributed by atoms with van der Waals surface area (Å²) in [4.78, 5) is 24.4. The number of nitrogens with one attached hydrogen (secondary N) is 1. The minimum Gasteiger partial charge on any atom is -0.450 e. The van der Waals surface area contributed by atoms with Crippen LogP contribution in [0.3, 0.4) is 0 Å². The number of carbonyl (C=O) groups excluding carboxylic acids is 1. The summed E-state index contributed by atoms with van der Waals surface area (Å²) in [5.41, 5.74) is 1.05. The predicted octanol–water partition coefficient (Wildman–Crippen LogP) is 2.55. The van der Waals surface area contributed by atoms with Gasteiger partial charge in [-0.05, 0) is 37.1 Å². The van der Waals surface area contributed by atoms with Crippen LogP contribution in [0.25, 0.3) is 0 Å². The number of nitrogens with zero attached hydrogens (tertiary/aromatic N) is 4. The largest absolute Gasteiger partial charge is 0.450 e. The maximum Gasteiger partial charge on any atom is 0.409 e. The topological polar surface area (TPSA) is 70.6 Å². The van der Waals surface area contributed by atoms with Gasteiger partial charge in [0.2, 0.25) is 5.95 Å². The molecule has 144 valence electrons. The normalized spacial score (nSPS) is 14.1. The van der Waals surface area contributed by atoms with E-state index in [-0.39, 0.29) is 11.9 Å². The van der Waals surface area contributed by atoms with E-state index in [1.807, 2.05) is 6.07 Å². The van der Waals surface area contributed by atoms with Gasteiger partial charge in [-0.3, -0.25) is 0 Å². The highest BCUT2D eigenvalue weighted by atomic mass is 19.1. The van der Waals surface area contributed by atoms with E-state index >= 15 is 0 Å². The molecule has 1 aliphatic rings. The Hall–Kier alpha value is -2.90. The molecular formula is C19H24FN5O2. The van der Waals surface area contributed by atoms with E-state index in [4.69, 9.17) is 4.74 Å². The van der Waals surface area contributed by atoms with Crippen LogP contribution in [-0.4, -0.2) is 60.3 Å². The van der Waals surface area contributed by atoms with Crippen molar-refractivity contribution in [3.8, 4) is 0 Å². The third-order valence-corrected chi connectivity index (χ3v) is 4.38. The molecule has 1 aromatic carbocycles. The molecule has 0 aliphatic carbocycles. The highest BCUT2D eigenvalue weighted by Gasteiger charge is 2.22. The number of ether oxygens (including phenoxy) is 1. The van der Waals surface area contributed by atoms with Crippen LogP contribution >= 0.6 is 0 Å². The van der Waals surface area contributed by atoms with Crippen molar-refractivity contribution in [2.75, 3.05) is 49.5 Å². The molecule has 2 heterocycles. The molecule has 0 radical (unpaired) electrons. The van der Waals surface area contributed by atoms with Crippen LogP contribution in [0.2, 0.25) is 0 Å². The molecule has 1 amide bonds.